The number of hydrogen-bond donors (Lipinski definition) is 2. The first-order valence-electron chi connectivity index (χ1n) is 8.35. The molecule has 0 aliphatic carbocycles. The molecule has 0 bridgehead atoms. The molecule has 0 saturated carbocycles. The fourth-order valence-corrected chi connectivity index (χ4v) is 2.46. The summed E-state index contributed by atoms with van der Waals surface area (Å²) in [6, 6.07) is 5.80. The lowest BCUT2D eigenvalue weighted by molar-refractivity contribution is -0.145. The summed E-state index contributed by atoms with van der Waals surface area (Å²) in [4.78, 5) is 35.7. The van der Waals surface area contributed by atoms with Gasteiger partial charge in [-0.25, -0.2) is 14.4 Å². The van der Waals surface area contributed by atoms with Crippen LogP contribution in [0.15, 0.2) is 35.5 Å². The molecular formula is C18H22N2O7. The van der Waals surface area contributed by atoms with E-state index < -0.39 is 24.0 Å². The molecule has 1 atom stereocenters. The average Bonchev–Trinajstić information content (AvgIpc) is 2.64. The third-order valence-corrected chi connectivity index (χ3v) is 3.66. The minimum absolute atomic E-state index is 0.176. The quantitative estimate of drug-likeness (QED) is 0.652. The number of esters is 2. The van der Waals surface area contributed by atoms with Crippen molar-refractivity contribution < 1.29 is 33.3 Å². The van der Waals surface area contributed by atoms with Gasteiger partial charge in [-0.3, -0.25) is 0 Å². The number of amides is 2. The molecule has 9 nitrogen and oxygen atoms in total. The van der Waals surface area contributed by atoms with Gasteiger partial charge in [0.25, 0.3) is 0 Å². The van der Waals surface area contributed by atoms with Gasteiger partial charge in [-0.05, 0) is 26.0 Å². The van der Waals surface area contributed by atoms with Gasteiger partial charge in [-0.15, -0.1) is 0 Å². The predicted octanol–water partition coefficient (Wildman–Crippen LogP) is 1.14. The van der Waals surface area contributed by atoms with Gasteiger partial charge in [0.05, 0.1) is 31.0 Å². The maximum Gasteiger partial charge on any atom is 0.344 e. The van der Waals surface area contributed by atoms with Crippen molar-refractivity contribution in [3.63, 3.8) is 0 Å². The van der Waals surface area contributed by atoms with Crippen molar-refractivity contribution in [1.29, 1.82) is 0 Å². The molecule has 1 aromatic rings. The van der Waals surface area contributed by atoms with Crippen LogP contribution in [0.5, 0.6) is 11.5 Å². The Hall–Kier alpha value is -3.23. The largest absolute Gasteiger partial charge is 0.493 e. The van der Waals surface area contributed by atoms with Crippen LogP contribution in [0.3, 0.4) is 0 Å². The van der Waals surface area contributed by atoms with E-state index in [0.29, 0.717) is 11.5 Å². The molecule has 0 aromatic heterocycles. The number of carbonyl (C=O) groups is 3. The second-order valence-electron chi connectivity index (χ2n) is 5.53. The lowest BCUT2D eigenvalue weighted by atomic mass is 10.0. The first kappa shape index (κ1) is 20.1. The van der Waals surface area contributed by atoms with Crippen molar-refractivity contribution in [2.45, 2.75) is 19.9 Å². The summed E-state index contributed by atoms with van der Waals surface area (Å²) < 4.78 is 20.6. The molecule has 1 aliphatic rings. The van der Waals surface area contributed by atoms with Gasteiger partial charge in [0.1, 0.15) is 6.61 Å². The highest BCUT2D eigenvalue weighted by Crippen LogP contribution is 2.25. The second-order valence-corrected chi connectivity index (χ2v) is 5.53. The molecule has 0 radical (unpaired) electrons. The summed E-state index contributed by atoms with van der Waals surface area (Å²) in [5.74, 6) is -0.380. The zero-order valence-corrected chi connectivity index (χ0v) is 15.4. The minimum Gasteiger partial charge on any atom is -0.493 e. The number of ether oxygens (including phenoxy) is 4. The molecule has 0 saturated heterocycles. The van der Waals surface area contributed by atoms with E-state index in [1.807, 2.05) is 0 Å². The minimum atomic E-state index is -0.669. The Morgan fingerprint density at radius 2 is 1.85 bits per heavy atom. The zero-order chi connectivity index (χ0) is 19.8. The number of rotatable bonds is 8. The zero-order valence-electron chi connectivity index (χ0n) is 15.4. The number of para-hydroxylation sites is 2. The normalized spacial score (nSPS) is 16.1. The molecule has 146 valence electrons. The molecule has 27 heavy (non-hydrogen) atoms. The fraction of sp³-hybridized carbons (Fsp3) is 0.389. The van der Waals surface area contributed by atoms with E-state index in [1.165, 1.54) is 7.11 Å². The predicted molar refractivity (Wildman–Crippen MR) is 94.2 cm³/mol. The molecule has 0 fully saturated rings. The Balaban J connectivity index is 1.99. The topological polar surface area (TPSA) is 112 Å². The van der Waals surface area contributed by atoms with Crippen molar-refractivity contribution in [1.82, 2.24) is 10.6 Å². The molecule has 1 heterocycles. The van der Waals surface area contributed by atoms with Gasteiger partial charge < -0.3 is 29.6 Å². The first-order chi connectivity index (χ1) is 13.0. The fourth-order valence-electron chi connectivity index (χ4n) is 2.46. The Bertz CT molecular complexity index is 745. The summed E-state index contributed by atoms with van der Waals surface area (Å²) in [5.41, 5.74) is 0.380. The Morgan fingerprint density at radius 3 is 2.52 bits per heavy atom. The van der Waals surface area contributed by atoms with E-state index in [1.54, 1.807) is 38.1 Å². The van der Waals surface area contributed by atoms with Crippen LogP contribution >= 0.6 is 0 Å². The molecule has 1 aromatic carbocycles. The van der Waals surface area contributed by atoms with E-state index in [2.05, 4.69) is 10.6 Å². The van der Waals surface area contributed by atoms with Gasteiger partial charge in [0, 0.05) is 0 Å². The third-order valence-electron chi connectivity index (χ3n) is 3.66. The molecule has 9 heteroatoms. The van der Waals surface area contributed by atoms with Crippen LogP contribution in [-0.4, -0.2) is 50.9 Å². The lowest BCUT2D eigenvalue weighted by Crippen LogP contribution is -2.50. The summed E-state index contributed by atoms with van der Waals surface area (Å²) in [7, 11) is 1.49. The maximum atomic E-state index is 12.1. The van der Waals surface area contributed by atoms with Crippen LogP contribution in [0.1, 0.15) is 13.8 Å². The summed E-state index contributed by atoms with van der Waals surface area (Å²) >= 11 is 0. The van der Waals surface area contributed by atoms with E-state index in [4.69, 9.17) is 18.9 Å². The number of methoxy groups -OCH3 is 1. The number of carbonyl (C=O) groups excluding carboxylic acids is 3. The smallest absolute Gasteiger partial charge is 0.344 e. The second kappa shape index (κ2) is 9.46. The Morgan fingerprint density at radius 1 is 1.15 bits per heavy atom. The van der Waals surface area contributed by atoms with Crippen LogP contribution < -0.4 is 20.1 Å². The highest BCUT2D eigenvalue weighted by atomic mass is 16.6. The van der Waals surface area contributed by atoms with E-state index in [0.717, 1.165) is 0 Å². The highest BCUT2D eigenvalue weighted by molar-refractivity contribution is 5.94. The average molecular weight is 378 g/mol. The summed E-state index contributed by atoms with van der Waals surface area (Å²) in [5, 5.41) is 5.03. The maximum absolute atomic E-state index is 12.1. The van der Waals surface area contributed by atoms with Gasteiger partial charge in [-0.2, -0.15) is 0 Å². The lowest BCUT2D eigenvalue weighted by Gasteiger charge is -2.26. The van der Waals surface area contributed by atoms with Crippen molar-refractivity contribution in [2.24, 2.45) is 0 Å². The summed E-state index contributed by atoms with van der Waals surface area (Å²) in [6.45, 7) is 2.84. The number of nitrogens with one attached hydrogen (secondary N) is 2. The van der Waals surface area contributed by atoms with E-state index >= 15 is 0 Å². The van der Waals surface area contributed by atoms with Gasteiger partial charge in [0.2, 0.25) is 0 Å². The van der Waals surface area contributed by atoms with Crippen molar-refractivity contribution in [3.05, 3.63) is 35.5 Å². The Labute approximate surface area is 156 Å². The molecule has 2 rings (SSSR count). The van der Waals surface area contributed by atoms with Crippen LogP contribution in [0, 0.1) is 0 Å². The molecule has 2 N–H and O–H groups in total. The molecule has 0 unspecified atom stereocenters. The van der Waals surface area contributed by atoms with Crippen molar-refractivity contribution in [2.75, 3.05) is 26.9 Å². The molecule has 0 spiro atoms. The van der Waals surface area contributed by atoms with Gasteiger partial charge in [0.15, 0.2) is 18.1 Å². The SMILES string of the molecule is CCOC(=O)C1=C(COC(=O)COc2ccccc2OC)NC(=O)N[C@H]1C. The van der Waals surface area contributed by atoms with Crippen LogP contribution in [0.25, 0.3) is 0 Å². The molecule has 2 amide bonds. The first-order valence-corrected chi connectivity index (χ1v) is 8.35. The molecular weight excluding hydrogens is 356 g/mol. The standard InChI is InChI=1S/C18H22N2O7/c1-4-25-17(22)16-11(2)19-18(23)20-12(16)9-27-15(21)10-26-14-8-6-5-7-13(14)24-3/h5-8,11H,4,9-10H2,1-3H3,(H2,19,20,23)/t11-/m0/s1. The monoisotopic (exact) mass is 378 g/mol. The van der Waals surface area contributed by atoms with Crippen molar-refractivity contribution >= 4 is 18.0 Å². The number of hydrogen-bond acceptors (Lipinski definition) is 7. The molecule has 1 aliphatic heterocycles. The number of urea groups is 1. The van der Waals surface area contributed by atoms with Crippen LogP contribution in [0.2, 0.25) is 0 Å². The highest BCUT2D eigenvalue weighted by Gasteiger charge is 2.30. The van der Waals surface area contributed by atoms with Gasteiger partial charge >= 0.3 is 18.0 Å². The van der Waals surface area contributed by atoms with Crippen LogP contribution in [-0.2, 0) is 19.1 Å². The van der Waals surface area contributed by atoms with Gasteiger partial charge in [-0.1, -0.05) is 12.1 Å². The van der Waals surface area contributed by atoms with Crippen LogP contribution in [0.4, 0.5) is 4.79 Å². The number of benzene rings is 1. The Kier molecular flexibility index (Phi) is 7.04. The third kappa shape index (κ3) is 5.37. The summed E-state index contributed by atoms with van der Waals surface area (Å²) in [6.07, 6.45) is 0. The van der Waals surface area contributed by atoms with Crippen molar-refractivity contribution in [3.8, 4) is 11.5 Å². The van der Waals surface area contributed by atoms with E-state index in [9.17, 15) is 14.4 Å². The van der Waals surface area contributed by atoms with E-state index in [-0.39, 0.29) is 31.1 Å².